The Morgan fingerprint density at radius 3 is 2.73 bits per heavy atom. The van der Waals surface area contributed by atoms with E-state index in [0.29, 0.717) is 11.8 Å². The number of carbonyl (C=O) groups excluding carboxylic acids is 1. The Kier molecular flexibility index (Phi) is 1.30. The van der Waals surface area contributed by atoms with Gasteiger partial charge in [-0.15, -0.1) is 11.8 Å². The molecule has 62 valence electrons. The van der Waals surface area contributed by atoms with Crippen LogP contribution in [0.3, 0.4) is 0 Å². The minimum Gasteiger partial charge on any atom is -0.313 e. The van der Waals surface area contributed by atoms with Gasteiger partial charge in [0.25, 0.3) is 0 Å². The number of thioether (sulfide) groups is 1. The molecule has 2 atom stereocenters. The fourth-order valence-corrected chi connectivity index (χ4v) is 3.13. The second-order valence-corrected chi connectivity index (χ2v) is 5.46. The topological polar surface area (TPSA) is 46.3 Å². The molecule has 0 saturated carbocycles. The quantitative estimate of drug-likeness (QED) is 0.536. The number of β-lactam (4-membered cyclic amide) rings is 1. The average Bonchev–Trinajstić information content (AvgIpc) is 2.01. The molecule has 2 N–H and O–H groups in total. The van der Waals surface area contributed by atoms with E-state index >= 15 is 0 Å². The van der Waals surface area contributed by atoms with Gasteiger partial charge in [-0.1, -0.05) is 0 Å². The fraction of sp³-hybridized carbons (Fsp3) is 0.857. The highest BCUT2D eigenvalue weighted by Gasteiger charge is 2.53. The second-order valence-electron chi connectivity index (χ2n) is 3.63. The predicted molar refractivity (Wildman–Crippen MR) is 44.9 cm³/mol. The van der Waals surface area contributed by atoms with Crippen LogP contribution in [0.2, 0.25) is 0 Å². The summed E-state index contributed by atoms with van der Waals surface area (Å²) in [5.74, 6) is 0.209. The van der Waals surface area contributed by atoms with Crippen molar-refractivity contribution in [3.8, 4) is 0 Å². The molecule has 0 aromatic rings. The van der Waals surface area contributed by atoms with Crippen LogP contribution in [-0.2, 0) is 4.79 Å². The normalized spacial score (nSPS) is 40.3. The zero-order chi connectivity index (χ0) is 8.22. The van der Waals surface area contributed by atoms with Gasteiger partial charge in [0.1, 0.15) is 0 Å². The molecule has 0 bridgehead atoms. The molecule has 2 aliphatic rings. The van der Waals surface area contributed by atoms with Crippen molar-refractivity contribution < 1.29 is 4.79 Å². The Morgan fingerprint density at radius 1 is 1.73 bits per heavy atom. The minimum absolute atomic E-state index is 0.0385. The molecule has 2 saturated heterocycles. The number of fused-ring (bicyclic) bond motifs is 1. The molecular formula is C7H12N2OS. The number of nitrogens with zero attached hydrogens (tertiary/aromatic N) is 1. The second kappa shape index (κ2) is 1.93. The molecule has 1 unspecified atom stereocenters. The minimum atomic E-state index is -0.0845. The maximum atomic E-state index is 11.0. The van der Waals surface area contributed by atoms with E-state index in [2.05, 4.69) is 13.8 Å². The van der Waals surface area contributed by atoms with Crippen LogP contribution in [-0.4, -0.2) is 27.1 Å². The van der Waals surface area contributed by atoms with Gasteiger partial charge >= 0.3 is 0 Å². The van der Waals surface area contributed by atoms with Crippen molar-refractivity contribution >= 4 is 17.7 Å². The van der Waals surface area contributed by atoms with Crippen molar-refractivity contribution in [1.82, 2.24) is 4.90 Å². The summed E-state index contributed by atoms with van der Waals surface area (Å²) >= 11 is 1.81. The first-order valence-corrected chi connectivity index (χ1v) is 4.65. The number of hydrogen-bond acceptors (Lipinski definition) is 3. The third-order valence-electron chi connectivity index (χ3n) is 2.40. The van der Waals surface area contributed by atoms with Gasteiger partial charge in [-0.3, -0.25) is 4.79 Å². The summed E-state index contributed by atoms with van der Waals surface area (Å²) in [7, 11) is 0. The van der Waals surface area contributed by atoms with Gasteiger partial charge < -0.3 is 10.6 Å². The van der Waals surface area contributed by atoms with Crippen molar-refractivity contribution in [3.63, 3.8) is 0 Å². The lowest BCUT2D eigenvalue weighted by molar-refractivity contribution is -0.144. The predicted octanol–water partition coefficient (Wildman–Crippen LogP) is 0.355. The van der Waals surface area contributed by atoms with E-state index in [4.69, 9.17) is 5.73 Å². The van der Waals surface area contributed by atoms with Crippen LogP contribution < -0.4 is 5.73 Å². The lowest BCUT2D eigenvalue weighted by Crippen LogP contribution is -2.57. The Hall–Kier alpha value is -0.220. The SMILES string of the molecule is CC1(C)S[C@@H]2CC(=O)N2C1N. The molecule has 0 radical (unpaired) electrons. The van der Waals surface area contributed by atoms with E-state index in [1.54, 1.807) is 4.90 Å². The fourth-order valence-electron chi connectivity index (χ4n) is 1.59. The summed E-state index contributed by atoms with van der Waals surface area (Å²) in [5, 5.41) is 0.368. The number of nitrogens with two attached hydrogens (primary N) is 1. The standard InChI is InChI=1S/C7H12N2OS/c1-7(2)6(8)9-4(10)3-5(9)11-7/h5-6H,3,8H2,1-2H3/t5-,6?/m1/s1. The monoisotopic (exact) mass is 172 g/mol. The Bertz CT molecular complexity index is 216. The van der Waals surface area contributed by atoms with Crippen molar-refractivity contribution in [2.75, 3.05) is 0 Å². The average molecular weight is 172 g/mol. The third-order valence-corrected chi connectivity index (χ3v) is 3.91. The summed E-state index contributed by atoms with van der Waals surface area (Å²) in [6, 6.07) is 0. The zero-order valence-electron chi connectivity index (χ0n) is 6.70. The number of rotatable bonds is 0. The largest absolute Gasteiger partial charge is 0.313 e. The van der Waals surface area contributed by atoms with Gasteiger partial charge in [0.2, 0.25) is 5.91 Å². The van der Waals surface area contributed by atoms with Gasteiger partial charge in [-0.25, -0.2) is 0 Å². The first-order valence-electron chi connectivity index (χ1n) is 3.77. The van der Waals surface area contributed by atoms with Crippen molar-refractivity contribution in [2.45, 2.75) is 36.6 Å². The number of hydrogen-bond donors (Lipinski definition) is 1. The molecule has 0 aromatic heterocycles. The lowest BCUT2D eigenvalue weighted by Gasteiger charge is -2.36. The summed E-state index contributed by atoms with van der Waals surface area (Å²) in [4.78, 5) is 12.8. The molecule has 2 aliphatic heterocycles. The van der Waals surface area contributed by atoms with Crippen LogP contribution >= 0.6 is 11.8 Å². The summed E-state index contributed by atoms with van der Waals surface area (Å²) in [6.07, 6.45) is 0.598. The Balaban J connectivity index is 2.22. The van der Waals surface area contributed by atoms with Crippen molar-refractivity contribution in [3.05, 3.63) is 0 Å². The lowest BCUT2D eigenvalue weighted by atomic mass is 10.1. The van der Waals surface area contributed by atoms with Gasteiger partial charge in [0.15, 0.2) is 0 Å². The third kappa shape index (κ3) is 0.825. The molecular weight excluding hydrogens is 160 g/mol. The highest BCUT2D eigenvalue weighted by Crippen LogP contribution is 2.48. The van der Waals surface area contributed by atoms with Crippen molar-refractivity contribution in [2.24, 2.45) is 5.73 Å². The Morgan fingerprint density at radius 2 is 2.36 bits per heavy atom. The maximum absolute atomic E-state index is 11.0. The van der Waals surface area contributed by atoms with E-state index in [1.165, 1.54) is 0 Å². The maximum Gasteiger partial charge on any atom is 0.227 e. The Labute approximate surface area is 70.3 Å². The molecule has 0 aliphatic carbocycles. The molecule has 2 heterocycles. The van der Waals surface area contributed by atoms with Crippen molar-refractivity contribution in [1.29, 1.82) is 0 Å². The summed E-state index contributed by atoms with van der Waals surface area (Å²) in [6.45, 7) is 4.18. The van der Waals surface area contributed by atoms with E-state index in [1.807, 2.05) is 11.8 Å². The highest BCUT2D eigenvalue weighted by molar-refractivity contribution is 8.01. The molecule has 4 heteroatoms. The smallest absolute Gasteiger partial charge is 0.227 e. The summed E-state index contributed by atoms with van der Waals surface area (Å²) in [5.41, 5.74) is 5.87. The van der Waals surface area contributed by atoms with Crippen LogP contribution in [0.5, 0.6) is 0 Å². The van der Waals surface area contributed by atoms with E-state index in [0.717, 1.165) is 0 Å². The van der Waals surface area contributed by atoms with Gasteiger partial charge in [-0.05, 0) is 13.8 Å². The van der Waals surface area contributed by atoms with Gasteiger partial charge in [0.05, 0.1) is 18.0 Å². The molecule has 0 aromatic carbocycles. The summed E-state index contributed by atoms with van der Waals surface area (Å²) < 4.78 is 0.0385. The molecule has 2 fully saturated rings. The van der Waals surface area contributed by atoms with Crippen LogP contribution in [0, 0.1) is 0 Å². The highest BCUT2D eigenvalue weighted by atomic mass is 32.2. The van der Waals surface area contributed by atoms with Crippen LogP contribution in [0.4, 0.5) is 0 Å². The van der Waals surface area contributed by atoms with Crippen LogP contribution in [0.25, 0.3) is 0 Å². The van der Waals surface area contributed by atoms with E-state index in [9.17, 15) is 4.79 Å². The van der Waals surface area contributed by atoms with Gasteiger partial charge in [-0.2, -0.15) is 0 Å². The van der Waals surface area contributed by atoms with Crippen LogP contribution in [0.1, 0.15) is 20.3 Å². The molecule has 2 rings (SSSR count). The number of carbonyl (C=O) groups is 1. The molecule has 1 amide bonds. The zero-order valence-corrected chi connectivity index (χ0v) is 7.52. The molecule has 0 spiro atoms. The van der Waals surface area contributed by atoms with Crippen LogP contribution in [0.15, 0.2) is 0 Å². The molecule has 11 heavy (non-hydrogen) atoms. The first kappa shape index (κ1) is 7.43. The molecule has 3 nitrogen and oxygen atoms in total. The van der Waals surface area contributed by atoms with Gasteiger partial charge in [0, 0.05) is 4.75 Å². The number of amides is 1. The van der Waals surface area contributed by atoms with E-state index in [-0.39, 0.29) is 16.8 Å². The first-order chi connectivity index (χ1) is 5.02. The van der Waals surface area contributed by atoms with E-state index < -0.39 is 0 Å².